The second kappa shape index (κ2) is 6.85. The molecule has 18 heavy (non-hydrogen) atoms. The zero-order chi connectivity index (χ0) is 11.5. The maximum atomic E-state index is 5.50. The second-order valence-electron chi connectivity index (χ2n) is 5.03. The van der Waals surface area contributed by atoms with Gasteiger partial charge in [-0.05, 0) is 12.8 Å². The van der Waals surface area contributed by atoms with Crippen LogP contribution in [0.3, 0.4) is 0 Å². The number of thiazole rings is 1. The zero-order valence-electron chi connectivity index (χ0n) is 10.6. The molecule has 1 saturated carbocycles. The Kier molecular flexibility index (Phi) is 5.42. The smallest absolute Gasteiger partial charge is 0.112 e. The molecular formula is C13H21ClN2OS. The Morgan fingerprint density at radius 1 is 1.28 bits per heavy atom. The van der Waals surface area contributed by atoms with E-state index in [1.165, 1.54) is 42.8 Å². The summed E-state index contributed by atoms with van der Waals surface area (Å²) in [6.07, 6.45) is 6.83. The fourth-order valence-electron chi connectivity index (χ4n) is 2.77. The highest BCUT2D eigenvalue weighted by molar-refractivity contribution is 7.09. The highest BCUT2D eigenvalue weighted by Crippen LogP contribution is 2.34. The van der Waals surface area contributed by atoms with E-state index in [0.717, 1.165) is 25.7 Å². The molecule has 2 heterocycles. The van der Waals surface area contributed by atoms with Gasteiger partial charge in [0.1, 0.15) is 5.01 Å². The summed E-state index contributed by atoms with van der Waals surface area (Å²) in [5.41, 5.74) is 1.33. The van der Waals surface area contributed by atoms with Crippen LogP contribution in [0.15, 0.2) is 5.38 Å². The molecule has 102 valence electrons. The quantitative estimate of drug-likeness (QED) is 0.907. The van der Waals surface area contributed by atoms with Gasteiger partial charge in [-0.3, -0.25) is 0 Å². The summed E-state index contributed by atoms with van der Waals surface area (Å²) in [6.45, 7) is 2.55. The van der Waals surface area contributed by atoms with Crippen molar-refractivity contribution in [3.8, 4) is 0 Å². The molecule has 1 unspecified atom stereocenters. The molecule has 1 aliphatic heterocycles. The maximum Gasteiger partial charge on any atom is 0.112 e. The van der Waals surface area contributed by atoms with Crippen LogP contribution >= 0.6 is 23.7 Å². The lowest BCUT2D eigenvalue weighted by molar-refractivity contribution is 0.0767. The summed E-state index contributed by atoms with van der Waals surface area (Å²) in [5, 5.41) is 6.95. The highest BCUT2D eigenvalue weighted by atomic mass is 35.5. The number of rotatable bonds is 2. The zero-order valence-corrected chi connectivity index (χ0v) is 12.2. The van der Waals surface area contributed by atoms with Crippen molar-refractivity contribution in [1.29, 1.82) is 0 Å². The minimum atomic E-state index is 0. The molecule has 3 nitrogen and oxygen atoms in total. The number of nitrogens with one attached hydrogen (secondary N) is 1. The summed E-state index contributed by atoms with van der Waals surface area (Å²) in [4.78, 5) is 4.83. The van der Waals surface area contributed by atoms with Crippen molar-refractivity contribution >= 4 is 23.7 Å². The van der Waals surface area contributed by atoms with Gasteiger partial charge in [-0.2, -0.15) is 0 Å². The van der Waals surface area contributed by atoms with Crippen molar-refractivity contribution < 1.29 is 4.74 Å². The number of nitrogens with zero attached hydrogens (tertiary/aromatic N) is 1. The lowest BCUT2D eigenvalue weighted by atomic mass is 9.87. The monoisotopic (exact) mass is 288 g/mol. The number of hydrogen-bond donors (Lipinski definition) is 1. The van der Waals surface area contributed by atoms with Crippen LogP contribution in [-0.4, -0.2) is 24.7 Å². The van der Waals surface area contributed by atoms with E-state index >= 15 is 0 Å². The molecule has 0 aromatic carbocycles. The summed E-state index contributed by atoms with van der Waals surface area (Å²) < 4.78 is 5.50. The molecule has 1 aromatic rings. The third-order valence-electron chi connectivity index (χ3n) is 3.78. The number of aromatic nitrogens is 1. The highest BCUT2D eigenvalue weighted by Gasteiger charge is 2.22. The Morgan fingerprint density at radius 3 is 2.83 bits per heavy atom. The Bertz CT molecular complexity index is 327. The van der Waals surface area contributed by atoms with Gasteiger partial charge in [0.25, 0.3) is 0 Å². The molecule has 1 aliphatic carbocycles. The molecule has 1 saturated heterocycles. The average molecular weight is 289 g/mol. The largest absolute Gasteiger partial charge is 0.378 e. The molecule has 1 aromatic heterocycles. The summed E-state index contributed by atoms with van der Waals surface area (Å²) >= 11 is 1.80. The predicted molar refractivity (Wildman–Crippen MR) is 76.8 cm³/mol. The van der Waals surface area contributed by atoms with Crippen molar-refractivity contribution in [2.24, 2.45) is 0 Å². The third kappa shape index (κ3) is 3.23. The Hall–Kier alpha value is -0.160. The molecule has 0 spiro atoms. The van der Waals surface area contributed by atoms with E-state index in [1.54, 1.807) is 11.3 Å². The first-order valence-electron chi connectivity index (χ1n) is 6.70. The van der Waals surface area contributed by atoms with Crippen molar-refractivity contribution in [2.45, 2.75) is 44.1 Å². The van der Waals surface area contributed by atoms with Gasteiger partial charge >= 0.3 is 0 Å². The van der Waals surface area contributed by atoms with Gasteiger partial charge in [0.2, 0.25) is 0 Å². The van der Waals surface area contributed by atoms with Crippen LogP contribution in [0.25, 0.3) is 0 Å². The molecule has 2 fully saturated rings. The lowest BCUT2D eigenvalue weighted by Gasteiger charge is -2.22. The molecule has 5 heteroatoms. The van der Waals surface area contributed by atoms with Crippen molar-refractivity contribution in [1.82, 2.24) is 10.3 Å². The first kappa shape index (κ1) is 14.3. The summed E-state index contributed by atoms with van der Waals surface area (Å²) in [7, 11) is 0. The molecule has 2 aliphatic rings. The molecule has 3 rings (SSSR count). The van der Waals surface area contributed by atoms with E-state index in [4.69, 9.17) is 9.72 Å². The van der Waals surface area contributed by atoms with Crippen LogP contribution in [0.4, 0.5) is 0 Å². The van der Waals surface area contributed by atoms with E-state index in [1.807, 2.05) is 0 Å². The molecule has 1 N–H and O–H groups in total. The van der Waals surface area contributed by atoms with Gasteiger partial charge < -0.3 is 10.1 Å². The van der Waals surface area contributed by atoms with E-state index in [-0.39, 0.29) is 12.4 Å². The number of ether oxygens (including phenoxy) is 1. The fraction of sp³-hybridized carbons (Fsp3) is 0.769. The first-order valence-corrected chi connectivity index (χ1v) is 7.58. The fourth-order valence-corrected chi connectivity index (χ4v) is 3.73. The molecule has 1 atom stereocenters. The minimum absolute atomic E-state index is 0. The SMILES string of the molecule is Cl.c1sc(C2COCCN2)nc1C1CCCCC1. The Balaban J connectivity index is 0.00000120. The average Bonchev–Trinajstić information content (AvgIpc) is 2.90. The standard InChI is InChI=1S/C13H20N2OS.ClH/c1-2-4-10(5-3-1)12-9-17-13(15-12)11-8-16-7-6-14-11;/h9-11,14H,1-8H2;1H. The van der Waals surface area contributed by atoms with Gasteiger partial charge in [0.05, 0.1) is 24.9 Å². The second-order valence-corrected chi connectivity index (χ2v) is 5.92. The van der Waals surface area contributed by atoms with E-state index in [9.17, 15) is 0 Å². The third-order valence-corrected chi connectivity index (χ3v) is 4.76. The van der Waals surface area contributed by atoms with Crippen LogP contribution < -0.4 is 5.32 Å². The molecule has 0 bridgehead atoms. The van der Waals surface area contributed by atoms with Crippen LogP contribution in [0.5, 0.6) is 0 Å². The van der Waals surface area contributed by atoms with Crippen LogP contribution in [0, 0.1) is 0 Å². The van der Waals surface area contributed by atoms with Gasteiger partial charge in [0.15, 0.2) is 0 Å². The first-order chi connectivity index (χ1) is 8.43. The number of morpholine rings is 1. The summed E-state index contributed by atoms with van der Waals surface area (Å²) in [6, 6.07) is 0.325. The maximum absolute atomic E-state index is 5.50. The van der Waals surface area contributed by atoms with Gasteiger partial charge in [-0.1, -0.05) is 19.3 Å². The van der Waals surface area contributed by atoms with E-state index in [0.29, 0.717) is 6.04 Å². The predicted octanol–water partition coefficient (Wildman–Crippen LogP) is 3.27. The lowest BCUT2D eigenvalue weighted by Crippen LogP contribution is -2.34. The van der Waals surface area contributed by atoms with Crippen molar-refractivity contribution in [3.05, 3.63) is 16.1 Å². The topological polar surface area (TPSA) is 34.1 Å². The molecule has 0 amide bonds. The number of hydrogen-bond acceptors (Lipinski definition) is 4. The Labute approximate surface area is 119 Å². The van der Waals surface area contributed by atoms with E-state index < -0.39 is 0 Å². The normalized spacial score (nSPS) is 25.7. The minimum Gasteiger partial charge on any atom is -0.378 e. The number of halogens is 1. The molecular weight excluding hydrogens is 268 g/mol. The van der Waals surface area contributed by atoms with Gasteiger partial charge in [-0.25, -0.2) is 4.98 Å². The summed E-state index contributed by atoms with van der Waals surface area (Å²) in [5.74, 6) is 0.721. The van der Waals surface area contributed by atoms with Crippen LogP contribution in [0.1, 0.15) is 54.8 Å². The van der Waals surface area contributed by atoms with Crippen LogP contribution in [-0.2, 0) is 4.74 Å². The van der Waals surface area contributed by atoms with Crippen molar-refractivity contribution in [3.63, 3.8) is 0 Å². The van der Waals surface area contributed by atoms with Crippen LogP contribution in [0.2, 0.25) is 0 Å². The Morgan fingerprint density at radius 2 is 2.11 bits per heavy atom. The molecule has 0 radical (unpaired) electrons. The van der Waals surface area contributed by atoms with E-state index in [2.05, 4.69) is 10.7 Å². The van der Waals surface area contributed by atoms with Gasteiger partial charge in [0, 0.05) is 17.8 Å². The van der Waals surface area contributed by atoms with Gasteiger partial charge in [-0.15, -0.1) is 23.7 Å². The van der Waals surface area contributed by atoms with Crippen molar-refractivity contribution in [2.75, 3.05) is 19.8 Å².